The maximum Gasteiger partial charge on any atom is 0.258 e. The Kier molecular flexibility index (Phi) is 5.39. The number of benzene rings is 3. The maximum absolute atomic E-state index is 12.2. The van der Waals surface area contributed by atoms with Crippen molar-refractivity contribution in [2.45, 2.75) is 6.54 Å². The molecule has 140 valence electrons. The Morgan fingerprint density at radius 3 is 2.64 bits per heavy atom. The van der Waals surface area contributed by atoms with E-state index in [0.29, 0.717) is 12.3 Å². The molecule has 6 heteroatoms. The number of nitrogens with zero attached hydrogens (tertiary/aromatic N) is 2. The summed E-state index contributed by atoms with van der Waals surface area (Å²) in [6, 6.07) is 21.6. The van der Waals surface area contributed by atoms with E-state index in [-0.39, 0.29) is 12.5 Å². The van der Waals surface area contributed by atoms with Gasteiger partial charge in [-0.3, -0.25) is 4.79 Å². The summed E-state index contributed by atoms with van der Waals surface area (Å²) in [6.45, 7) is 0.406. The molecular formula is C22H18BrN3O2. The fourth-order valence-electron chi connectivity index (χ4n) is 2.91. The number of hydrogen-bond donors (Lipinski definition) is 1. The van der Waals surface area contributed by atoms with E-state index in [0.717, 1.165) is 26.5 Å². The lowest BCUT2D eigenvalue weighted by Gasteiger charge is -2.11. The zero-order valence-electron chi connectivity index (χ0n) is 15.0. The Morgan fingerprint density at radius 1 is 1.04 bits per heavy atom. The lowest BCUT2D eigenvalue weighted by Crippen LogP contribution is -2.28. The van der Waals surface area contributed by atoms with Crippen LogP contribution in [-0.4, -0.2) is 22.3 Å². The first kappa shape index (κ1) is 18.3. The lowest BCUT2D eigenvalue weighted by atomic mass is 10.1. The number of halogens is 1. The Bertz CT molecular complexity index is 1090. The van der Waals surface area contributed by atoms with Gasteiger partial charge in [-0.2, -0.15) is 5.10 Å². The molecule has 0 bridgehead atoms. The van der Waals surface area contributed by atoms with Crippen LogP contribution < -0.4 is 10.1 Å². The molecule has 0 aliphatic carbocycles. The monoisotopic (exact) mass is 435 g/mol. The van der Waals surface area contributed by atoms with Gasteiger partial charge in [-0.1, -0.05) is 42.5 Å². The zero-order chi connectivity index (χ0) is 19.3. The number of fused-ring (bicyclic) bond motifs is 1. The summed E-state index contributed by atoms with van der Waals surface area (Å²) in [7, 11) is 0. The van der Waals surface area contributed by atoms with Crippen LogP contribution in [-0.2, 0) is 11.3 Å². The first-order valence-electron chi connectivity index (χ1n) is 8.86. The summed E-state index contributed by atoms with van der Waals surface area (Å²) in [4.78, 5) is 12.2. The molecule has 0 atom stereocenters. The Balaban J connectivity index is 1.32. The molecule has 1 aromatic heterocycles. The molecule has 0 saturated heterocycles. The van der Waals surface area contributed by atoms with Gasteiger partial charge in [0.2, 0.25) is 0 Å². The van der Waals surface area contributed by atoms with Crippen molar-refractivity contribution in [2.75, 3.05) is 6.61 Å². The van der Waals surface area contributed by atoms with Crippen molar-refractivity contribution in [2.24, 2.45) is 0 Å². The van der Waals surface area contributed by atoms with E-state index in [1.165, 1.54) is 0 Å². The SMILES string of the molecule is O=C(COc1ccc2ccccc2c1Br)NCc1ccc(-n2cccn2)cc1. The molecule has 1 amide bonds. The molecule has 4 rings (SSSR count). The number of ether oxygens (including phenoxy) is 1. The fourth-order valence-corrected chi connectivity index (χ4v) is 3.52. The van der Waals surface area contributed by atoms with Gasteiger partial charge < -0.3 is 10.1 Å². The quantitative estimate of drug-likeness (QED) is 0.485. The summed E-state index contributed by atoms with van der Waals surface area (Å²) in [5.74, 6) is 0.480. The number of aromatic nitrogens is 2. The minimum atomic E-state index is -0.170. The van der Waals surface area contributed by atoms with Crippen molar-refractivity contribution in [3.63, 3.8) is 0 Å². The van der Waals surface area contributed by atoms with Crippen LogP contribution in [0.3, 0.4) is 0 Å². The van der Waals surface area contributed by atoms with E-state index in [9.17, 15) is 4.79 Å². The van der Waals surface area contributed by atoms with Crippen LogP contribution in [0.15, 0.2) is 83.6 Å². The fraction of sp³-hybridized carbons (Fsp3) is 0.0909. The van der Waals surface area contributed by atoms with Gasteiger partial charge in [-0.05, 0) is 56.5 Å². The van der Waals surface area contributed by atoms with Gasteiger partial charge in [-0.15, -0.1) is 0 Å². The normalized spacial score (nSPS) is 10.8. The van der Waals surface area contributed by atoms with Crippen LogP contribution in [0.5, 0.6) is 5.75 Å². The summed E-state index contributed by atoms with van der Waals surface area (Å²) < 4.78 is 8.34. The smallest absolute Gasteiger partial charge is 0.258 e. The summed E-state index contributed by atoms with van der Waals surface area (Å²) in [6.07, 6.45) is 3.63. The van der Waals surface area contributed by atoms with Crippen LogP contribution in [0.4, 0.5) is 0 Å². The molecular weight excluding hydrogens is 418 g/mol. The molecule has 0 unspecified atom stereocenters. The molecule has 28 heavy (non-hydrogen) atoms. The van der Waals surface area contributed by atoms with Gasteiger partial charge in [0.15, 0.2) is 6.61 Å². The van der Waals surface area contributed by atoms with Gasteiger partial charge in [0, 0.05) is 18.9 Å². The molecule has 3 aromatic carbocycles. The molecule has 0 saturated carbocycles. The highest BCUT2D eigenvalue weighted by Gasteiger charge is 2.08. The summed E-state index contributed by atoms with van der Waals surface area (Å²) >= 11 is 3.57. The second-order valence-electron chi connectivity index (χ2n) is 6.28. The average Bonchev–Trinajstić information content (AvgIpc) is 3.27. The Morgan fingerprint density at radius 2 is 1.86 bits per heavy atom. The number of carbonyl (C=O) groups is 1. The first-order valence-corrected chi connectivity index (χ1v) is 9.66. The van der Waals surface area contributed by atoms with Crippen molar-refractivity contribution in [3.05, 3.63) is 89.2 Å². The minimum Gasteiger partial charge on any atom is -0.483 e. The third-order valence-electron chi connectivity index (χ3n) is 4.38. The van der Waals surface area contributed by atoms with Crippen LogP contribution in [0.25, 0.3) is 16.5 Å². The molecule has 0 fully saturated rings. The van der Waals surface area contributed by atoms with Crippen LogP contribution in [0, 0.1) is 0 Å². The molecule has 4 aromatic rings. The maximum atomic E-state index is 12.2. The van der Waals surface area contributed by atoms with Gasteiger partial charge >= 0.3 is 0 Å². The van der Waals surface area contributed by atoms with E-state index in [2.05, 4.69) is 26.3 Å². The third-order valence-corrected chi connectivity index (χ3v) is 5.20. The van der Waals surface area contributed by atoms with Gasteiger partial charge in [0.25, 0.3) is 5.91 Å². The number of rotatable bonds is 6. The number of hydrogen-bond acceptors (Lipinski definition) is 3. The second-order valence-corrected chi connectivity index (χ2v) is 7.07. The Hall–Kier alpha value is -3.12. The predicted octanol–water partition coefficient (Wildman–Crippen LogP) is 4.48. The molecule has 0 spiro atoms. The van der Waals surface area contributed by atoms with Crippen molar-refractivity contribution in [1.82, 2.24) is 15.1 Å². The largest absolute Gasteiger partial charge is 0.483 e. The molecule has 0 aliphatic rings. The topological polar surface area (TPSA) is 56.1 Å². The van der Waals surface area contributed by atoms with Crippen LogP contribution in [0.1, 0.15) is 5.56 Å². The van der Waals surface area contributed by atoms with Crippen molar-refractivity contribution >= 4 is 32.6 Å². The zero-order valence-corrected chi connectivity index (χ0v) is 16.6. The highest BCUT2D eigenvalue weighted by atomic mass is 79.9. The standard InChI is InChI=1S/C22H18BrN3O2/c23-22-19-5-2-1-4-17(19)8-11-20(22)28-15-21(27)24-14-16-6-9-18(10-7-16)26-13-3-12-25-26/h1-13H,14-15H2,(H,24,27). The third kappa shape index (κ3) is 4.07. The van der Waals surface area contributed by atoms with Crippen molar-refractivity contribution < 1.29 is 9.53 Å². The van der Waals surface area contributed by atoms with Crippen molar-refractivity contribution in [1.29, 1.82) is 0 Å². The second kappa shape index (κ2) is 8.27. The van der Waals surface area contributed by atoms with Crippen LogP contribution in [0.2, 0.25) is 0 Å². The average molecular weight is 436 g/mol. The molecule has 0 radical (unpaired) electrons. The number of nitrogens with one attached hydrogen (secondary N) is 1. The van der Waals surface area contributed by atoms with Gasteiger partial charge in [0.05, 0.1) is 10.2 Å². The van der Waals surface area contributed by atoms with E-state index < -0.39 is 0 Å². The van der Waals surface area contributed by atoms with Gasteiger partial charge in [0.1, 0.15) is 5.75 Å². The number of carbonyl (C=O) groups excluding carboxylic acids is 1. The predicted molar refractivity (Wildman–Crippen MR) is 113 cm³/mol. The Labute approximate surface area is 171 Å². The number of amides is 1. The van der Waals surface area contributed by atoms with Crippen LogP contribution >= 0.6 is 15.9 Å². The van der Waals surface area contributed by atoms with Crippen molar-refractivity contribution in [3.8, 4) is 11.4 Å². The van der Waals surface area contributed by atoms with Gasteiger partial charge in [-0.25, -0.2) is 4.68 Å². The van der Waals surface area contributed by atoms with E-state index >= 15 is 0 Å². The summed E-state index contributed by atoms with van der Waals surface area (Å²) in [5, 5.41) is 9.24. The summed E-state index contributed by atoms with van der Waals surface area (Å²) in [5.41, 5.74) is 1.99. The molecule has 1 N–H and O–H groups in total. The lowest BCUT2D eigenvalue weighted by molar-refractivity contribution is -0.123. The molecule has 1 heterocycles. The van der Waals surface area contributed by atoms with E-state index in [1.807, 2.05) is 72.9 Å². The molecule has 0 aliphatic heterocycles. The minimum absolute atomic E-state index is 0.0394. The highest BCUT2D eigenvalue weighted by Crippen LogP contribution is 2.32. The van der Waals surface area contributed by atoms with E-state index in [1.54, 1.807) is 10.9 Å². The molecule has 5 nitrogen and oxygen atoms in total. The first-order chi connectivity index (χ1) is 13.7. The van der Waals surface area contributed by atoms with E-state index in [4.69, 9.17) is 4.74 Å². The highest BCUT2D eigenvalue weighted by molar-refractivity contribution is 9.10.